The molecule has 12 atom stereocenters. The van der Waals surface area contributed by atoms with Crippen molar-refractivity contribution in [2.24, 2.45) is 11.8 Å². The van der Waals surface area contributed by atoms with Crippen molar-refractivity contribution in [3.05, 3.63) is 24.3 Å². The number of aliphatic hydroxyl groups excluding tert-OH is 4. The van der Waals surface area contributed by atoms with E-state index in [2.05, 4.69) is 0 Å². The molecule has 1 saturated heterocycles. The van der Waals surface area contributed by atoms with Gasteiger partial charge in [0.15, 0.2) is 6.29 Å². The number of nitrogens with zero attached hydrogens (tertiary/aromatic N) is 1. The first kappa shape index (κ1) is 33.5. The van der Waals surface area contributed by atoms with Gasteiger partial charge in [-0.05, 0) is 46.2 Å². The molecule has 11 nitrogen and oxygen atoms in total. The van der Waals surface area contributed by atoms with Crippen molar-refractivity contribution in [3.8, 4) is 0 Å². The molecule has 0 aliphatic carbocycles. The average molecular weight is 558 g/mol. The molecule has 0 bridgehead atoms. The van der Waals surface area contributed by atoms with Crippen LogP contribution in [0.4, 0.5) is 0 Å². The first-order valence-electron chi connectivity index (χ1n) is 13.6. The van der Waals surface area contributed by atoms with E-state index in [0.717, 1.165) is 6.29 Å². The number of methoxy groups -OCH3 is 1. The van der Waals surface area contributed by atoms with Crippen LogP contribution in [-0.4, -0.2) is 120 Å². The van der Waals surface area contributed by atoms with Gasteiger partial charge in [0.1, 0.15) is 24.6 Å². The molecule has 4 N–H and O–H groups in total. The minimum atomic E-state index is -1.37. The molecule has 2 heterocycles. The number of cyclic esters (lactones) is 1. The lowest BCUT2D eigenvalue weighted by atomic mass is 9.84. The summed E-state index contributed by atoms with van der Waals surface area (Å²) < 4.78 is 23.2. The maximum atomic E-state index is 12.6. The van der Waals surface area contributed by atoms with Crippen LogP contribution < -0.4 is 0 Å². The summed E-state index contributed by atoms with van der Waals surface area (Å²) >= 11 is 0. The maximum absolute atomic E-state index is 12.6. The average Bonchev–Trinajstić information content (AvgIpc) is 2.83. The monoisotopic (exact) mass is 557 g/mol. The number of esters is 1. The van der Waals surface area contributed by atoms with Crippen molar-refractivity contribution >= 4 is 12.3 Å². The lowest BCUT2D eigenvalue weighted by molar-refractivity contribution is -0.309. The molecule has 2 aliphatic rings. The van der Waals surface area contributed by atoms with Gasteiger partial charge in [0.2, 0.25) is 0 Å². The van der Waals surface area contributed by atoms with Gasteiger partial charge in [-0.25, -0.2) is 0 Å². The van der Waals surface area contributed by atoms with Crippen molar-refractivity contribution in [1.82, 2.24) is 4.90 Å². The third-order valence-corrected chi connectivity index (χ3v) is 7.38. The summed E-state index contributed by atoms with van der Waals surface area (Å²) in [6, 6.07) is -0.694. The van der Waals surface area contributed by atoms with Crippen LogP contribution in [0, 0.1) is 11.8 Å². The fourth-order valence-electron chi connectivity index (χ4n) is 5.38. The zero-order valence-corrected chi connectivity index (χ0v) is 23.8. The molecule has 39 heavy (non-hydrogen) atoms. The fraction of sp³-hybridized carbons (Fsp3) is 0.786. The van der Waals surface area contributed by atoms with Gasteiger partial charge in [-0.3, -0.25) is 4.79 Å². The normalized spacial score (nSPS) is 43.0. The number of likely N-dealkylation sites (N-methyl/N-ethyl adjacent to an activating group) is 1. The molecular weight excluding hydrogens is 510 g/mol. The first-order chi connectivity index (χ1) is 18.4. The van der Waals surface area contributed by atoms with E-state index in [4.69, 9.17) is 18.9 Å². The Bertz CT molecular complexity index is 820. The second kappa shape index (κ2) is 15.9. The lowest BCUT2D eigenvalue weighted by Gasteiger charge is -2.46. The molecule has 2 aliphatic heterocycles. The van der Waals surface area contributed by atoms with E-state index in [-0.39, 0.29) is 18.8 Å². The minimum Gasteiger partial charge on any atom is -0.462 e. The van der Waals surface area contributed by atoms with Gasteiger partial charge in [-0.15, -0.1) is 0 Å². The molecule has 0 radical (unpaired) electrons. The number of carbonyl (C=O) groups is 2. The fourth-order valence-corrected chi connectivity index (χ4v) is 5.38. The van der Waals surface area contributed by atoms with E-state index in [1.165, 1.54) is 7.11 Å². The summed E-state index contributed by atoms with van der Waals surface area (Å²) in [4.78, 5) is 26.1. The van der Waals surface area contributed by atoms with Gasteiger partial charge in [0, 0.05) is 20.0 Å². The lowest BCUT2D eigenvalue weighted by Crippen LogP contribution is -2.63. The SMILES string of the molecule is CO[C@@H]1[C@@H](O[C@@H]2O[C@H](C)[C@@H](O)[C@H](N(C)C)[C@H]2O)[C@@H](CC=O)C[C@@H](C)/C=C\C=C/[C@H](O)C[C@@H](C)OC(=O)C[C@@H]1O. The molecule has 0 aromatic rings. The van der Waals surface area contributed by atoms with Gasteiger partial charge >= 0.3 is 5.97 Å². The number of aldehydes is 1. The molecule has 0 saturated carbocycles. The Morgan fingerprint density at radius 3 is 2.31 bits per heavy atom. The predicted molar refractivity (Wildman–Crippen MR) is 143 cm³/mol. The molecular formula is C28H47NO10. The zero-order valence-electron chi connectivity index (χ0n) is 23.8. The third kappa shape index (κ3) is 9.72. The second-order valence-corrected chi connectivity index (χ2v) is 11.0. The Morgan fingerprint density at radius 2 is 1.69 bits per heavy atom. The molecule has 0 spiro atoms. The Hall–Kier alpha value is -1.70. The number of hydrogen-bond donors (Lipinski definition) is 4. The molecule has 2 rings (SSSR count). The van der Waals surface area contributed by atoms with Crippen LogP contribution in [0.1, 0.15) is 46.5 Å². The number of hydrogen-bond acceptors (Lipinski definition) is 11. The van der Waals surface area contributed by atoms with Gasteiger partial charge in [0.05, 0.1) is 43.0 Å². The van der Waals surface area contributed by atoms with Crippen molar-refractivity contribution in [3.63, 3.8) is 0 Å². The summed E-state index contributed by atoms with van der Waals surface area (Å²) in [6.45, 7) is 5.28. The Balaban J connectivity index is 2.46. The maximum Gasteiger partial charge on any atom is 0.308 e. The summed E-state index contributed by atoms with van der Waals surface area (Å²) in [5.41, 5.74) is 0. The van der Waals surface area contributed by atoms with Crippen molar-refractivity contribution in [1.29, 1.82) is 0 Å². The molecule has 11 heteroatoms. The first-order valence-corrected chi connectivity index (χ1v) is 13.6. The highest BCUT2D eigenvalue weighted by atomic mass is 16.7. The number of aliphatic hydroxyl groups is 4. The number of carbonyl (C=O) groups excluding carboxylic acids is 2. The van der Waals surface area contributed by atoms with E-state index in [0.29, 0.717) is 6.42 Å². The molecule has 0 amide bonds. The van der Waals surface area contributed by atoms with E-state index in [9.17, 15) is 30.0 Å². The number of allylic oxidation sites excluding steroid dienone is 3. The van der Waals surface area contributed by atoms with Gasteiger partial charge in [-0.2, -0.15) is 0 Å². The van der Waals surface area contributed by atoms with Crippen LogP contribution in [0.25, 0.3) is 0 Å². The van der Waals surface area contributed by atoms with Crippen molar-refractivity contribution in [2.45, 2.75) is 108 Å². The van der Waals surface area contributed by atoms with E-state index in [1.54, 1.807) is 51.1 Å². The minimum absolute atomic E-state index is 0.0400. The van der Waals surface area contributed by atoms with Crippen molar-refractivity contribution < 1.29 is 49.0 Å². The largest absolute Gasteiger partial charge is 0.462 e. The number of ether oxygens (including phenoxy) is 4. The zero-order chi connectivity index (χ0) is 29.3. The van der Waals surface area contributed by atoms with Crippen LogP contribution in [0.3, 0.4) is 0 Å². The smallest absolute Gasteiger partial charge is 0.308 e. The summed E-state index contributed by atoms with van der Waals surface area (Å²) in [5, 5.41) is 43.0. The van der Waals surface area contributed by atoms with E-state index in [1.807, 2.05) is 13.0 Å². The Labute approximate surface area is 231 Å². The number of rotatable bonds is 6. The summed E-state index contributed by atoms with van der Waals surface area (Å²) in [7, 11) is 4.82. The summed E-state index contributed by atoms with van der Waals surface area (Å²) in [5.74, 6) is -1.21. The van der Waals surface area contributed by atoms with Crippen LogP contribution in [-0.2, 0) is 28.5 Å². The standard InChI is InChI=1S/C28H47NO10/c1-16-9-7-8-10-20(31)14-17(2)37-22(33)15-21(32)27(36-6)26(19(13-16)11-12-30)39-28-25(35)23(29(4)5)24(34)18(3)38-28/h7-10,12,16-21,23-28,31-32,34-35H,11,13-15H2,1-6H3/b9-7-,10-8-/t16-,17+,18+,19-,20-,21-,23-,24+,25+,26-,27-,28-/m0/s1. The molecule has 0 aromatic heterocycles. The highest BCUT2D eigenvalue weighted by molar-refractivity contribution is 5.70. The third-order valence-electron chi connectivity index (χ3n) is 7.38. The Kier molecular flexibility index (Phi) is 13.7. The van der Waals surface area contributed by atoms with Crippen molar-refractivity contribution in [2.75, 3.05) is 21.2 Å². The van der Waals surface area contributed by atoms with Crippen LogP contribution in [0.15, 0.2) is 24.3 Å². The van der Waals surface area contributed by atoms with Crippen LogP contribution in [0.2, 0.25) is 0 Å². The highest BCUT2D eigenvalue weighted by Gasteiger charge is 2.47. The molecule has 224 valence electrons. The van der Waals surface area contributed by atoms with Crippen LogP contribution >= 0.6 is 0 Å². The van der Waals surface area contributed by atoms with Gasteiger partial charge in [-0.1, -0.05) is 31.2 Å². The molecule has 1 fully saturated rings. The second-order valence-electron chi connectivity index (χ2n) is 11.0. The van der Waals surface area contributed by atoms with Gasteiger partial charge < -0.3 is 49.1 Å². The molecule has 0 aromatic carbocycles. The molecule has 0 unspecified atom stereocenters. The highest BCUT2D eigenvalue weighted by Crippen LogP contribution is 2.32. The van der Waals surface area contributed by atoms with E-state index >= 15 is 0 Å². The Morgan fingerprint density at radius 1 is 1.03 bits per heavy atom. The topological polar surface area (TPSA) is 155 Å². The summed E-state index contributed by atoms with van der Waals surface area (Å²) in [6.07, 6.45) is -0.852. The predicted octanol–water partition coefficient (Wildman–Crippen LogP) is 0.575. The van der Waals surface area contributed by atoms with Crippen LogP contribution in [0.5, 0.6) is 0 Å². The van der Waals surface area contributed by atoms with Gasteiger partial charge in [0.25, 0.3) is 0 Å². The quantitative estimate of drug-likeness (QED) is 0.268. The van der Waals surface area contributed by atoms with E-state index < -0.39 is 79.5 Å².